The highest BCUT2D eigenvalue weighted by Gasteiger charge is 2.32. The number of anilines is 1. The van der Waals surface area contributed by atoms with Gasteiger partial charge in [-0.3, -0.25) is 9.88 Å². The van der Waals surface area contributed by atoms with E-state index in [-0.39, 0.29) is 6.03 Å². The number of para-hydroxylation sites is 1. The van der Waals surface area contributed by atoms with Crippen LogP contribution < -0.4 is 4.90 Å². The Hall–Kier alpha value is -2.36. The second-order valence-corrected chi connectivity index (χ2v) is 6.38. The fourth-order valence-electron chi connectivity index (χ4n) is 3.74. The van der Waals surface area contributed by atoms with Gasteiger partial charge in [-0.2, -0.15) is 0 Å². The van der Waals surface area contributed by atoms with E-state index in [9.17, 15) is 4.79 Å². The predicted molar refractivity (Wildman–Crippen MR) is 90.7 cm³/mol. The number of likely N-dealkylation sites (tertiary alicyclic amines) is 1. The average Bonchev–Trinajstić information content (AvgIpc) is 3.11. The van der Waals surface area contributed by atoms with Crippen molar-refractivity contribution in [1.82, 2.24) is 9.88 Å². The first-order valence-electron chi connectivity index (χ1n) is 8.37. The molecular weight excluding hydrogens is 286 g/mol. The molecule has 0 aliphatic carbocycles. The Bertz CT molecular complexity index is 701. The Kier molecular flexibility index (Phi) is 3.74. The molecule has 2 amide bonds. The molecule has 1 aromatic carbocycles. The molecule has 23 heavy (non-hydrogen) atoms. The largest absolute Gasteiger partial charge is 0.324 e. The van der Waals surface area contributed by atoms with E-state index in [1.54, 1.807) is 0 Å². The van der Waals surface area contributed by atoms with Crippen LogP contribution in [0.4, 0.5) is 10.5 Å². The van der Waals surface area contributed by atoms with Crippen LogP contribution in [0.1, 0.15) is 29.9 Å². The van der Waals surface area contributed by atoms with Crippen LogP contribution in [0.5, 0.6) is 0 Å². The van der Waals surface area contributed by atoms with Gasteiger partial charge in [-0.25, -0.2) is 4.79 Å². The Labute approximate surface area is 136 Å². The Morgan fingerprint density at radius 2 is 1.91 bits per heavy atom. The van der Waals surface area contributed by atoms with E-state index in [0.717, 1.165) is 44.6 Å². The number of urea groups is 1. The molecule has 4 nitrogen and oxygen atoms in total. The molecule has 3 heterocycles. The van der Waals surface area contributed by atoms with E-state index in [4.69, 9.17) is 0 Å². The van der Waals surface area contributed by atoms with Crippen molar-refractivity contribution in [3.05, 3.63) is 59.9 Å². The van der Waals surface area contributed by atoms with Crippen molar-refractivity contribution < 1.29 is 4.79 Å². The Balaban J connectivity index is 1.51. The number of rotatable bonds is 1. The summed E-state index contributed by atoms with van der Waals surface area (Å²) in [4.78, 5) is 21.0. The van der Waals surface area contributed by atoms with Crippen LogP contribution in [0.25, 0.3) is 0 Å². The van der Waals surface area contributed by atoms with Crippen LogP contribution >= 0.6 is 0 Å². The number of aromatic nitrogens is 1. The van der Waals surface area contributed by atoms with Gasteiger partial charge in [-0.1, -0.05) is 18.2 Å². The van der Waals surface area contributed by atoms with Gasteiger partial charge in [-0.15, -0.1) is 0 Å². The van der Waals surface area contributed by atoms with E-state index >= 15 is 0 Å². The lowest BCUT2D eigenvalue weighted by molar-refractivity contribution is 0.214. The minimum atomic E-state index is 0.161. The van der Waals surface area contributed by atoms with Crippen LogP contribution in [0.2, 0.25) is 0 Å². The van der Waals surface area contributed by atoms with Gasteiger partial charge in [0.2, 0.25) is 0 Å². The summed E-state index contributed by atoms with van der Waals surface area (Å²) < 4.78 is 0. The zero-order chi connectivity index (χ0) is 15.6. The van der Waals surface area contributed by atoms with Gasteiger partial charge >= 0.3 is 6.03 Å². The SMILES string of the molecule is O=C(N1CC[C@H](c2ccncc2)C1)N1CCCc2ccccc21. The first-order valence-corrected chi connectivity index (χ1v) is 8.37. The summed E-state index contributed by atoms with van der Waals surface area (Å²) in [6.45, 7) is 2.47. The van der Waals surface area contributed by atoms with E-state index in [0.29, 0.717) is 5.92 Å². The van der Waals surface area contributed by atoms with Gasteiger partial charge in [-0.05, 0) is 48.6 Å². The number of pyridine rings is 1. The molecule has 1 aromatic heterocycles. The van der Waals surface area contributed by atoms with Gasteiger partial charge in [0.1, 0.15) is 0 Å². The molecule has 1 fully saturated rings. The van der Waals surface area contributed by atoms with E-state index in [1.165, 1.54) is 11.1 Å². The number of amides is 2. The Morgan fingerprint density at radius 1 is 1.09 bits per heavy atom. The van der Waals surface area contributed by atoms with Crippen molar-refractivity contribution in [2.24, 2.45) is 0 Å². The molecule has 0 N–H and O–H groups in total. The average molecular weight is 307 g/mol. The summed E-state index contributed by atoms with van der Waals surface area (Å²) in [7, 11) is 0. The van der Waals surface area contributed by atoms with Crippen molar-refractivity contribution >= 4 is 11.7 Å². The maximum Gasteiger partial charge on any atom is 0.324 e. The van der Waals surface area contributed by atoms with Crippen molar-refractivity contribution in [3.8, 4) is 0 Å². The maximum atomic E-state index is 13.0. The highest BCUT2D eigenvalue weighted by Crippen LogP contribution is 2.31. The lowest BCUT2D eigenvalue weighted by Gasteiger charge is -2.32. The molecule has 1 saturated heterocycles. The lowest BCUT2D eigenvalue weighted by atomic mass is 10.00. The molecule has 2 aliphatic heterocycles. The second-order valence-electron chi connectivity index (χ2n) is 6.38. The number of hydrogen-bond donors (Lipinski definition) is 0. The minimum absolute atomic E-state index is 0.161. The number of aryl methyl sites for hydroxylation is 1. The van der Waals surface area contributed by atoms with Gasteiger partial charge in [0.05, 0.1) is 0 Å². The van der Waals surface area contributed by atoms with Crippen molar-refractivity contribution in [3.63, 3.8) is 0 Å². The standard InChI is InChI=1S/C19H21N3O/c23-19(22-12-3-5-16-4-1-2-6-18(16)22)21-13-9-17(14-21)15-7-10-20-11-8-15/h1-2,4,6-8,10-11,17H,3,5,9,12-14H2/t17-/m0/s1. The Morgan fingerprint density at radius 3 is 2.78 bits per heavy atom. The van der Waals surface area contributed by atoms with Crippen molar-refractivity contribution in [2.45, 2.75) is 25.2 Å². The smallest absolute Gasteiger partial charge is 0.324 e. The van der Waals surface area contributed by atoms with Gasteiger partial charge in [0, 0.05) is 43.6 Å². The third-order valence-electron chi connectivity index (χ3n) is 4.98. The van der Waals surface area contributed by atoms with E-state index < -0.39 is 0 Å². The van der Waals surface area contributed by atoms with Crippen LogP contribution in [0.15, 0.2) is 48.8 Å². The normalized spacial score (nSPS) is 20.4. The summed E-state index contributed by atoms with van der Waals surface area (Å²) in [5, 5.41) is 0. The number of benzene rings is 1. The number of carbonyl (C=O) groups is 1. The maximum absolute atomic E-state index is 13.0. The summed E-state index contributed by atoms with van der Waals surface area (Å²) in [6.07, 6.45) is 6.82. The summed E-state index contributed by atoms with van der Waals surface area (Å²) in [5.74, 6) is 0.432. The molecule has 0 bridgehead atoms. The molecule has 118 valence electrons. The molecule has 0 unspecified atom stereocenters. The van der Waals surface area contributed by atoms with E-state index in [1.807, 2.05) is 28.3 Å². The quantitative estimate of drug-likeness (QED) is 0.809. The van der Waals surface area contributed by atoms with Crippen LogP contribution in [0.3, 0.4) is 0 Å². The van der Waals surface area contributed by atoms with Crippen molar-refractivity contribution in [2.75, 3.05) is 24.5 Å². The summed E-state index contributed by atoms with van der Waals surface area (Å²) >= 11 is 0. The number of fused-ring (bicyclic) bond motifs is 1. The zero-order valence-corrected chi connectivity index (χ0v) is 13.2. The predicted octanol–water partition coefficient (Wildman–Crippen LogP) is 3.44. The molecule has 0 spiro atoms. The van der Waals surface area contributed by atoms with Crippen molar-refractivity contribution in [1.29, 1.82) is 0 Å². The molecule has 4 heteroatoms. The number of nitrogens with zero attached hydrogens (tertiary/aromatic N) is 3. The van der Waals surface area contributed by atoms with Gasteiger partial charge in [0.15, 0.2) is 0 Å². The highest BCUT2D eigenvalue weighted by molar-refractivity contribution is 5.93. The third-order valence-corrected chi connectivity index (χ3v) is 4.98. The van der Waals surface area contributed by atoms with Crippen LogP contribution in [-0.2, 0) is 6.42 Å². The minimum Gasteiger partial charge on any atom is -0.324 e. The van der Waals surface area contributed by atoms with Gasteiger partial charge in [0.25, 0.3) is 0 Å². The first-order chi connectivity index (χ1) is 11.3. The van der Waals surface area contributed by atoms with E-state index in [2.05, 4.69) is 35.3 Å². The molecule has 2 aliphatic rings. The third kappa shape index (κ3) is 2.69. The molecule has 0 saturated carbocycles. The molecule has 2 aromatic rings. The number of hydrogen-bond acceptors (Lipinski definition) is 2. The topological polar surface area (TPSA) is 36.4 Å². The molecular formula is C19H21N3O. The monoisotopic (exact) mass is 307 g/mol. The van der Waals surface area contributed by atoms with Crippen LogP contribution in [0, 0.1) is 0 Å². The fourth-order valence-corrected chi connectivity index (χ4v) is 3.74. The molecule has 1 atom stereocenters. The molecule has 4 rings (SSSR count). The summed E-state index contributed by atoms with van der Waals surface area (Å²) in [5.41, 5.74) is 3.67. The van der Waals surface area contributed by atoms with Crippen LogP contribution in [-0.4, -0.2) is 35.5 Å². The summed E-state index contributed by atoms with van der Waals surface area (Å²) in [6, 6.07) is 12.6. The van der Waals surface area contributed by atoms with Gasteiger partial charge < -0.3 is 4.90 Å². The second kappa shape index (κ2) is 6.03. The zero-order valence-electron chi connectivity index (χ0n) is 13.2. The molecule has 0 radical (unpaired) electrons. The lowest BCUT2D eigenvalue weighted by Crippen LogP contribution is -2.44. The fraction of sp³-hybridized carbons (Fsp3) is 0.368. The highest BCUT2D eigenvalue weighted by atomic mass is 16.2. The first kappa shape index (κ1) is 14.2. The number of carbonyl (C=O) groups excluding carboxylic acids is 1.